The molecule has 0 bridgehead atoms. The van der Waals surface area contributed by atoms with Crippen LogP contribution in [-0.4, -0.2) is 5.78 Å². The summed E-state index contributed by atoms with van der Waals surface area (Å²) >= 11 is 0. The number of carbonyl (C=O) groups excluding carboxylic acids is 1. The summed E-state index contributed by atoms with van der Waals surface area (Å²) < 4.78 is 0. The first-order valence-corrected chi connectivity index (χ1v) is 4.60. The summed E-state index contributed by atoms with van der Waals surface area (Å²) in [5.41, 5.74) is 11.6. The third-order valence-electron chi connectivity index (χ3n) is 2.38. The second kappa shape index (κ2) is 3.59. The quantitative estimate of drug-likeness (QED) is 0.389. The first-order chi connectivity index (χ1) is 7.20. The highest BCUT2D eigenvalue weighted by molar-refractivity contribution is 6.03. The van der Waals surface area contributed by atoms with Gasteiger partial charge in [0.05, 0.1) is 5.70 Å². The van der Waals surface area contributed by atoms with Crippen LogP contribution in [0.4, 0.5) is 0 Å². The SMILES string of the molecule is Cc1ccc2c(c1)CC(=O)C(N=[N+]=[N-])=C2. The van der Waals surface area contributed by atoms with Crippen molar-refractivity contribution in [3.63, 3.8) is 0 Å². The number of allylic oxidation sites excluding steroid dienone is 1. The van der Waals surface area contributed by atoms with Crippen molar-refractivity contribution in [1.29, 1.82) is 0 Å². The van der Waals surface area contributed by atoms with Crippen LogP contribution in [-0.2, 0) is 11.2 Å². The van der Waals surface area contributed by atoms with Gasteiger partial charge in [0.25, 0.3) is 0 Å². The van der Waals surface area contributed by atoms with Crippen molar-refractivity contribution in [1.82, 2.24) is 0 Å². The number of fused-ring (bicyclic) bond motifs is 1. The van der Waals surface area contributed by atoms with Crippen molar-refractivity contribution in [2.75, 3.05) is 0 Å². The molecule has 0 amide bonds. The maximum absolute atomic E-state index is 11.5. The summed E-state index contributed by atoms with van der Waals surface area (Å²) in [5, 5.41) is 3.38. The highest BCUT2D eigenvalue weighted by Crippen LogP contribution is 2.23. The fourth-order valence-electron chi connectivity index (χ4n) is 1.65. The van der Waals surface area contributed by atoms with Crippen LogP contribution in [0.25, 0.3) is 16.5 Å². The first-order valence-electron chi connectivity index (χ1n) is 4.60. The van der Waals surface area contributed by atoms with Crippen LogP contribution in [0.2, 0.25) is 0 Å². The molecular formula is C11H9N3O. The molecule has 1 aromatic carbocycles. The second-order valence-corrected chi connectivity index (χ2v) is 3.52. The summed E-state index contributed by atoms with van der Waals surface area (Å²) in [4.78, 5) is 14.2. The van der Waals surface area contributed by atoms with Crippen molar-refractivity contribution in [3.05, 3.63) is 51.0 Å². The number of azide groups is 1. The smallest absolute Gasteiger partial charge is 0.169 e. The highest BCUT2D eigenvalue weighted by Gasteiger charge is 2.16. The zero-order valence-electron chi connectivity index (χ0n) is 8.27. The Hall–Kier alpha value is -2.06. The zero-order valence-corrected chi connectivity index (χ0v) is 8.27. The van der Waals surface area contributed by atoms with Gasteiger partial charge < -0.3 is 0 Å². The molecule has 1 aliphatic carbocycles. The van der Waals surface area contributed by atoms with Crippen LogP contribution in [0.5, 0.6) is 0 Å². The van der Waals surface area contributed by atoms with E-state index < -0.39 is 0 Å². The Morgan fingerprint density at radius 1 is 1.47 bits per heavy atom. The van der Waals surface area contributed by atoms with Gasteiger partial charge in [-0.3, -0.25) is 4.79 Å². The predicted octanol–water partition coefficient (Wildman–Crippen LogP) is 2.77. The van der Waals surface area contributed by atoms with Crippen LogP contribution in [0.1, 0.15) is 16.7 Å². The van der Waals surface area contributed by atoms with E-state index in [-0.39, 0.29) is 11.5 Å². The third-order valence-corrected chi connectivity index (χ3v) is 2.38. The van der Waals surface area contributed by atoms with E-state index in [2.05, 4.69) is 10.0 Å². The fraction of sp³-hybridized carbons (Fsp3) is 0.182. The van der Waals surface area contributed by atoms with Gasteiger partial charge in [-0.15, -0.1) is 0 Å². The Labute approximate surface area is 86.9 Å². The molecular weight excluding hydrogens is 190 g/mol. The van der Waals surface area contributed by atoms with Crippen molar-refractivity contribution in [3.8, 4) is 0 Å². The number of nitrogens with zero attached hydrogens (tertiary/aromatic N) is 3. The lowest BCUT2D eigenvalue weighted by atomic mass is 9.93. The Morgan fingerprint density at radius 3 is 3.00 bits per heavy atom. The molecule has 0 saturated heterocycles. The second-order valence-electron chi connectivity index (χ2n) is 3.52. The van der Waals surface area contributed by atoms with E-state index in [0.29, 0.717) is 6.42 Å². The molecule has 0 N–H and O–H groups in total. The molecule has 0 atom stereocenters. The van der Waals surface area contributed by atoms with Crippen molar-refractivity contribution >= 4 is 11.9 Å². The summed E-state index contributed by atoms with van der Waals surface area (Å²) in [6.45, 7) is 1.98. The molecule has 15 heavy (non-hydrogen) atoms. The lowest BCUT2D eigenvalue weighted by molar-refractivity contribution is -0.115. The standard InChI is InChI=1S/C11H9N3O/c1-7-2-3-8-5-10(13-14-12)11(15)6-9(8)4-7/h2-5H,6H2,1H3. The van der Waals surface area contributed by atoms with Crippen LogP contribution < -0.4 is 0 Å². The van der Waals surface area contributed by atoms with E-state index in [1.165, 1.54) is 0 Å². The zero-order chi connectivity index (χ0) is 10.8. The minimum absolute atomic E-state index is 0.120. The Kier molecular flexibility index (Phi) is 2.27. The molecule has 0 radical (unpaired) electrons. The number of hydrogen-bond acceptors (Lipinski definition) is 2. The number of benzene rings is 1. The molecule has 0 aromatic heterocycles. The average Bonchev–Trinajstić information content (AvgIpc) is 2.20. The van der Waals surface area contributed by atoms with Gasteiger partial charge in [-0.25, -0.2) is 0 Å². The van der Waals surface area contributed by atoms with Crippen molar-refractivity contribution in [2.24, 2.45) is 5.11 Å². The minimum Gasteiger partial charge on any atom is -0.294 e. The van der Waals surface area contributed by atoms with Crippen molar-refractivity contribution < 1.29 is 4.79 Å². The molecule has 0 fully saturated rings. The third kappa shape index (κ3) is 1.75. The number of hydrogen-bond donors (Lipinski definition) is 0. The van der Waals surface area contributed by atoms with Crippen LogP contribution in [0, 0.1) is 6.92 Å². The topological polar surface area (TPSA) is 65.8 Å². The lowest BCUT2D eigenvalue weighted by Gasteiger charge is -2.12. The number of Topliss-reactive ketones (excluding diaryl/α,β-unsaturated/α-hetero) is 1. The predicted molar refractivity (Wildman–Crippen MR) is 57.0 cm³/mol. The first kappa shape index (κ1) is 9.49. The van der Waals surface area contributed by atoms with Crippen LogP contribution >= 0.6 is 0 Å². The summed E-state index contributed by atoms with van der Waals surface area (Å²) in [6, 6.07) is 5.89. The van der Waals surface area contributed by atoms with Gasteiger partial charge in [0.2, 0.25) is 0 Å². The molecule has 74 valence electrons. The normalized spacial score (nSPS) is 13.9. The molecule has 0 unspecified atom stereocenters. The molecule has 0 saturated carbocycles. The lowest BCUT2D eigenvalue weighted by Crippen LogP contribution is -2.10. The van der Waals surface area contributed by atoms with Gasteiger partial charge in [0.1, 0.15) is 0 Å². The number of aryl methyl sites for hydroxylation is 1. The Bertz CT molecular complexity index is 511. The van der Waals surface area contributed by atoms with E-state index in [1.807, 2.05) is 25.1 Å². The van der Waals surface area contributed by atoms with Gasteiger partial charge in [0, 0.05) is 11.3 Å². The van der Waals surface area contributed by atoms with E-state index in [4.69, 9.17) is 5.53 Å². The average molecular weight is 199 g/mol. The number of ketones is 1. The van der Waals surface area contributed by atoms with Gasteiger partial charge in [-0.1, -0.05) is 28.9 Å². The van der Waals surface area contributed by atoms with E-state index >= 15 is 0 Å². The highest BCUT2D eigenvalue weighted by atomic mass is 16.1. The van der Waals surface area contributed by atoms with Gasteiger partial charge >= 0.3 is 0 Å². The van der Waals surface area contributed by atoms with Gasteiger partial charge in [0.15, 0.2) is 5.78 Å². The Morgan fingerprint density at radius 2 is 2.27 bits per heavy atom. The van der Waals surface area contributed by atoms with E-state index in [0.717, 1.165) is 16.7 Å². The number of carbonyl (C=O) groups is 1. The molecule has 4 heteroatoms. The summed E-state index contributed by atoms with van der Waals surface area (Å²) in [6.07, 6.45) is 1.96. The largest absolute Gasteiger partial charge is 0.294 e. The van der Waals surface area contributed by atoms with E-state index in [1.54, 1.807) is 6.08 Å². The monoisotopic (exact) mass is 199 g/mol. The minimum atomic E-state index is -0.120. The van der Waals surface area contributed by atoms with Crippen LogP contribution in [0.3, 0.4) is 0 Å². The van der Waals surface area contributed by atoms with Gasteiger partial charge in [-0.05, 0) is 29.7 Å². The molecule has 2 rings (SSSR count). The summed E-state index contributed by atoms with van der Waals surface area (Å²) in [5.74, 6) is -0.120. The molecule has 1 aromatic rings. The van der Waals surface area contributed by atoms with E-state index in [9.17, 15) is 4.79 Å². The maximum atomic E-state index is 11.5. The Balaban J connectivity index is 2.54. The summed E-state index contributed by atoms with van der Waals surface area (Å²) in [7, 11) is 0. The van der Waals surface area contributed by atoms with Crippen LogP contribution in [0.15, 0.2) is 29.0 Å². The van der Waals surface area contributed by atoms with Crippen molar-refractivity contribution in [2.45, 2.75) is 13.3 Å². The molecule has 1 aliphatic rings. The molecule has 4 nitrogen and oxygen atoms in total. The molecule has 0 heterocycles. The maximum Gasteiger partial charge on any atom is 0.169 e. The molecule has 0 spiro atoms. The van der Waals surface area contributed by atoms with Gasteiger partial charge in [-0.2, -0.15) is 0 Å². The number of rotatable bonds is 1. The molecule has 0 aliphatic heterocycles. The fourth-order valence-corrected chi connectivity index (χ4v) is 1.65.